The fraction of sp³-hybridized carbons (Fsp3) is 0.545. The zero-order valence-electron chi connectivity index (χ0n) is 9.63. The predicted octanol–water partition coefficient (Wildman–Crippen LogP) is 1.80. The average molecular weight is 229 g/mol. The molecule has 0 saturated carbocycles. The van der Waals surface area contributed by atoms with E-state index in [0.717, 1.165) is 25.4 Å². The maximum atomic E-state index is 13.4. The first-order chi connectivity index (χ1) is 7.69. The van der Waals surface area contributed by atoms with E-state index >= 15 is 0 Å². The highest BCUT2D eigenvalue weighted by molar-refractivity contribution is 5.39. The standard InChI is InChI=1S/C11H17F2N3/c1-3-14-5-6-16(4-2)11-10(13)7-9(12)8-15-11/h7-8,14H,3-6H2,1-2H3. The van der Waals surface area contributed by atoms with Crippen LogP contribution in [0.15, 0.2) is 12.3 Å². The molecule has 5 heteroatoms. The zero-order chi connectivity index (χ0) is 12.0. The molecule has 1 aromatic heterocycles. The molecule has 0 fully saturated rings. The maximum Gasteiger partial charge on any atom is 0.168 e. The van der Waals surface area contributed by atoms with Crippen molar-refractivity contribution in [3.05, 3.63) is 23.9 Å². The Bertz CT molecular complexity index is 331. The summed E-state index contributed by atoms with van der Waals surface area (Å²) in [6, 6.07) is 0.859. The molecular weight excluding hydrogens is 212 g/mol. The van der Waals surface area contributed by atoms with Gasteiger partial charge in [0.15, 0.2) is 11.6 Å². The molecule has 1 aromatic rings. The topological polar surface area (TPSA) is 28.2 Å². The second kappa shape index (κ2) is 6.37. The van der Waals surface area contributed by atoms with Gasteiger partial charge in [-0.25, -0.2) is 13.8 Å². The molecule has 0 aliphatic rings. The summed E-state index contributed by atoms with van der Waals surface area (Å²) < 4.78 is 26.1. The minimum Gasteiger partial charge on any atom is -0.353 e. The van der Waals surface area contributed by atoms with Gasteiger partial charge >= 0.3 is 0 Å². The monoisotopic (exact) mass is 229 g/mol. The molecule has 1 rings (SSSR count). The van der Waals surface area contributed by atoms with Crippen LogP contribution in [0.2, 0.25) is 0 Å². The number of pyridine rings is 1. The Balaban J connectivity index is 2.70. The van der Waals surface area contributed by atoms with E-state index < -0.39 is 11.6 Å². The van der Waals surface area contributed by atoms with Crippen LogP contribution in [-0.4, -0.2) is 31.2 Å². The third-order valence-corrected chi connectivity index (χ3v) is 2.28. The van der Waals surface area contributed by atoms with Gasteiger partial charge in [-0.15, -0.1) is 0 Å². The van der Waals surface area contributed by atoms with Crippen molar-refractivity contribution >= 4 is 5.82 Å². The first-order valence-electron chi connectivity index (χ1n) is 5.45. The Kier molecular flexibility index (Phi) is 5.11. The van der Waals surface area contributed by atoms with Crippen molar-refractivity contribution in [3.63, 3.8) is 0 Å². The molecular formula is C11H17F2N3. The molecule has 0 bridgehead atoms. The van der Waals surface area contributed by atoms with Crippen LogP contribution in [0.1, 0.15) is 13.8 Å². The highest BCUT2D eigenvalue weighted by Gasteiger charge is 2.11. The fourth-order valence-electron chi connectivity index (χ4n) is 1.44. The van der Waals surface area contributed by atoms with Gasteiger partial charge in [-0.1, -0.05) is 6.92 Å². The number of anilines is 1. The molecule has 0 atom stereocenters. The molecule has 0 amide bonds. The van der Waals surface area contributed by atoms with E-state index in [-0.39, 0.29) is 5.82 Å². The van der Waals surface area contributed by atoms with E-state index in [1.807, 2.05) is 13.8 Å². The van der Waals surface area contributed by atoms with E-state index in [4.69, 9.17) is 0 Å². The normalized spacial score (nSPS) is 10.5. The second-order valence-electron chi connectivity index (χ2n) is 3.39. The minimum absolute atomic E-state index is 0.210. The third kappa shape index (κ3) is 3.41. The lowest BCUT2D eigenvalue weighted by Crippen LogP contribution is -2.33. The molecule has 1 heterocycles. The van der Waals surface area contributed by atoms with Crippen LogP contribution in [0.25, 0.3) is 0 Å². The summed E-state index contributed by atoms with van der Waals surface area (Å²) in [5.41, 5.74) is 0. The summed E-state index contributed by atoms with van der Waals surface area (Å²) in [4.78, 5) is 5.55. The molecule has 0 spiro atoms. The molecule has 0 saturated heterocycles. The van der Waals surface area contributed by atoms with Crippen molar-refractivity contribution in [1.29, 1.82) is 0 Å². The second-order valence-corrected chi connectivity index (χ2v) is 3.39. The van der Waals surface area contributed by atoms with E-state index in [0.29, 0.717) is 13.1 Å². The van der Waals surface area contributed by atoms with Gasteiger partial charge in [0.2, 0.25) is 0 Å². The lowest BCUT2D eigenvalue weighted by atomic mass is 10.3. The number of aromatic nitrogens is 1. The largest absolute Gasteiger partial charge is 0.353 e. The quantitative estimate of drug-likeness (QED) is 0.754. The Hall–Kier alpha value is -1.23. The number of nitrogens with one attached hydrogen (secondary N) is 1. The Morgan fingerprint density at radius 3 is 2.69 bits per heavy atom. The van der Waals surface area contributed by atoms with Crippen molar-refractivity contribution in [2.45, 2.75) is 13.8 Å². The van der Waals surface area contributed by atoms with Gasteiger partial charge in [-0.05, 0) is 13.5 Å². The first-order valence-corrected chi connectivity index (χ1v) is 5.45. The summed E-state index contributed by atoms with van der Waals surface area (Å²) >= 11 is 0. The first kappa shape index (κ1) is 12.8. The lowest BCUT2D eigenvalue weighted by molar-refractivity contribution is 0.565. The van der Waals surface area contributed by atoms with Crippen molar-refractivity contribution in [2.75, 3.05) is 31.1 Å². The Morgan fingerprint density at radius 1 is 1.38 bits per heavy atom. The molecule has 1 N–H and O–H groups in total. The van der Waals surface area contributed by atoms with E-state index in [9.17, 15) is 8.78 Å². The van der Waals surface area contributed by atoms with E-state index in [1.54, 1.807) is 4.90 Å². The molecule has 0 radical (unpaired) electrons. The van der Waals surface area contributed by atoms with Gasteiger partial charge in [0.25, 0.3) is 0 Å². The Morgan fingerprint density at radius 2 is 2.12 bits per heavy atom. The zero-order valence-corrected chi connectivity index (χ0v) is 9.63. The summed E-state index contributed by atoms with van der Waals surface area (Å²) in [5.74, 6) is -1.05. The smallest absolute Gasteiger partial charge is 0.168 e. The lowest BCUT2D eigenvalue weighted by Gasteiger charge is -2.22. The van der Waals surface area contributed by atoms with Crippen LogP contribution in [-0.2, 0) is 0 Å². The number of nitrogens with zero attached hydrogens (tertiary/aromatic N) is 2. The molecule has 3 nitrogen and oxygen atoms in total. The molecule has 90 valence electrons. The van der Waals surface area contributed by atoms with Crippen LogP contribution < -0.4 is 10.2 Å². The summed E-state index contributed by atoms with van der Waals surface area (Å²) in [7, 11) is 0. The number of rotatable bonds is 6. The summed E-state index contributed by atoms with van der Waals surface area (Å²) in [5, 5.41) is 3.15. The van der Waals surface area contributed by atoms with Crippen LogP contribution >= 0.6 is 0 Å². The van der Waals surface area contributed by atoms with Crippen LogP contribution in [0.5, 0.6) is 0 Å². The SMILES string of the molecule is CCNCCN(CC)c1ncc(F)cc1F. The molecule has 0 aliphatic heterocycles. The van der Waals surface area contributed by atoms with Crippen LogP contribution in [0.4, 0.5) is 14.6 Å². The highest BCUT2D eigenvalue weighted by Crippen LogP contribution is 2.15. The van der Waals surface area contributed by atoms with Gasteiger partial charge in [-0.2, -0.15) is 0 Å². The summed E-state index contributed by atoms with van der Waals surface area (Å²) in [6.45, 7) is 6.84. The molecule has 0 aliphatic carbocycles. The van der Waals surface area contributed by atoms with Crippen molar-refractivity contribution in [2.24, 2.45) is 0 Å². The third-order valence-electron chi connectivity index (χ3n) is 2.28. The van der Waals surface area contributed by atoms with Crippen LogP contribution in [0.3, 0.4) is 0 Å². The Labute approximate surface area is 94.5 Å². The van der Waals surface area contributed by atoms with Gasteiger partial charge in [0, 0.05) is 25.7 Å². The van der Waals surface area contributed by atoms with Gasteiger partial charge in [0.1, 0.15) is 5.82 Å². The van der Waals surface area contributed by atoms with E-state index in [2.05, 4.69) is 10.3 Å². The van der Waals surface area contributed by atoms with Crippen molar-refractivity contribution in [3.8, 4) is 0 Å². The van der Waals surface area contributed by atoms with E-state index in [1.165, 1.54) is 0 Å². The number of hydrogen-bond acceptors (Lipinski definition) is 3. The van der Waals surface area contributed by atoms with Crippen LogP contribution in [0, 0.1) is 11.6 Å². The van der Waals surface area contributed by atoms with Crippen molar-refractivity contribution in [1.82, 2.24) is 10.3 Å². The van der Waals surface area contributed by atoms with Crippen molar-refractivity contribution < 1.29 is 8.78 Å². The summed E-state index contributed by atoms with van der Waals surface area (Å²) in [6.07, 6.45) is 1.04. The van der Waals surface area contributed by atoms with Gasteiger partial charge in [-0.3, -0.25) is 0 Å². The average Bonchev–Trinajstić information content (AvgIpc) is 2.26. The number of hydrogen-bond donors (Lipinski definition) is 1. The molecule has 16 heavy (non-hydrogen) atoms. The number of likely N-dealkylation sites (N-methyl/N-ethyl adjacent to an activating group) is 2. The van der Waals surface area contributed by atoms with Gasteiger partial charge in [0.05, 0.1) is 6.20 Å². The highest BCUT2D eigenvalue weighted by atomic mass is 19.1. The predicted molar refractivity (Wildman–Crippen MR) is 60.6 cm³/mol. The maximum absolute atomic E-state index is 13.4. The minimum atomic E-state index is -0.649. The molecule has 0 unspecified atom stereocenters. The fourth-order valence-corrected chi connectivity index (χ4v) is 1.44. The molecule has 0 aromatic carbocycles. The number of halogens is 2. The van der Waals surface area contributed by atoms with Gasteiger partial charge < -0.3 is 10.2 Å².